The quantitative estimate of drug-likeness (QED) is 0.597. The van der Waals surface area contributed by atoms with E-state index in [1.165, 1.54) is 10.2 Å². The van der Waals surface area contributed by atoms with Gasteiger partial charge >= 0.3 is 0 Å². The van der Waals surface area contributed by atoms with Gasteiger partial charge in [0.1, 0.15) is 6.54 Å². The van der Waals surface area contributed by atoms with Crippen LogP contribution in [0.4, 0.5) is 17.2 Å². The standard InChI is InChI=1S/C21H24N6O2/c1-4-15-8-10-16(11-9-15)23-18(28)12-27-20(22)19(25-26-27)21(29)24-17-7-5-6-13(2)14(17)3/h5-11H,4,12,22H2,1-3H3,(H,23,28)(H,24,29). The molecule has 0 radical (unpaired) electrons. The van der Waals surface area contributed by atoms with E-state index in [1.807, 2.05) is 50.2 Å². The van der Waals surface area contributed by atoms with Gasteiger partial charge in [-0.3, -0.25) is 9.59 Å². The summed E-state index contributed by atoms with van der Waals surface area (Å²) in [6.45, 7) is 5.80. The Morgan fingerprint density at radius 3 is 2.48 bits per heavy atom. The fourth-order valence-corrected chi connectivity index (χ4v) is 2.83. The maximum Gasteiger partial charge on any atom is 0.280 e. The van der Waals surface area contributed by atoms with Crippen molar-refractivity contribution in [2.75, 3.05) is 16.4 Å². The van der Waals surface area contributed by atoms with Gasteiger partial charge in [-0.25, -0.2) is 4.68 Å². The predicted octanol–water partition coefficient (Wildman–Crippen LogP) is 2.93. The summed E-state index contributed by atoms with van der Waals surface area (Å²) in [5.74, 6) is -0.755. The second kappa shape index (κ2) is 8.55. The minimum absolute atomic E-state index is 0.0222. The highest BCUT2D eigenvalue weighted by Gasteiger charge is 2.19. The van der Waals surface area contributed by atoms with Crippen molar-refractivity contribution in [2.24, 2.45) is 0 Å². The number of rotatable bonds is 6. The highest BCUT2D eigenvalue weighted by molar-refractivity contribution is 6.06. The number of anilines is 3. The second-order valence-electron chi connectivity index (χ2n) is 6.78. The molecule has 0 atom stereocenters. The number of hydrogen-bond donors (Lipinski definition) is 3. The normalized spacial score (nSPS) is 10.6. The number of nitrogens with two attached hydrogens (primary N) is 1. The molecule has 29 heavy (non-hydrogen) atoms. The zero-order chi connectivity index (χ0) is 21.0. The molecule has 2 aromatic carbocycles. The Labute approximate surface area is 169 Å². The summed E-state index contributed by atoms with van der Waals surface area (Å²) in [5.41, 5.74) is 10.5. The molecule has 2 amide bonds. The van der Waals surface area contributed by atoms with Crippen LogP contribution in [0.15, 0.2) is 42.5 Å². The highest BCUT2D eigenvalue weighted by atomic mass is 16.2. The first-order valence-corrected chi connectivity index (χ1v) is 9.34. The van der Waals surface area contributed by atoms with E-state index in [1.54, 1.807) is 6.07 Å². The number of nitrogen functional groups attached to an aromatic ring is 1. The molecule has 0 fully saturated rings. The molecule has 0 aliphatic heterocycles. The largest absolute Gasteiger partial charge is 0.382 e. The molecule has 8 nitrogen and oxygen atoms in total. The number of carbonyl (C=O) groups is 2. The fourth-order valence-electron chi connectivity index (χ4n) is 2.83. The maximum atomic E-state index is 12.5. The van der Waals surface area contributed by atoms with E-state index in [0.29, 0.717) is 11.4 Å². The molecule has 0 unspecified atom stereocenters. The lowest BCUT2D eigenvalue weighted by atomic mass is 10.1. The highest BCUT2D eigenvalue weighted by Crippen LogP contribution is 2.19. The number of carbonyl (C=O) groups excluding carboxylic acids is 2. The Kier molecular flexibility index (Phi) is 5.92. The van der Waals surface area contributed by atoms with Gasteiger partial charge in [-0.15, -0.1) is 5.10 Å². The number of benzene rings is 2. The van der Waals surface area contributed by atoms with Gasteiger partial charge < -0.3 is 16.4 Å². The molecule has 0 aliphatic carbocycles. The molecule has 3 aromatic rings. The smallest absolute Gasteiger partial charge is 0.280 e. The third-order valence-electron chi connectivity index (χ3n) is 4.78. The zero-order valence-electron chi connectivity index (χ0n) is 16.7. The van der Waals surface area contributed by atoms with E-state index in [2.05, 4.69) is 27.9 Å². The van der Waals surface area contributed by atoms with Crippen molar-refractivity contribution in [1.82, 2.24) is 15.0 Å². The minimum Gasteiger partial charge on any atom is -0.382 e. The van der Waals surface area contributed by atoms with Gasteiger partial charge in [-0.05, 0) is 55.2 Å². The van der Waals surface area contributed by atoms with Crippen LogP contribution in [0.25, 0.3) is 0 Å². The van der Waals surface area contributed by atoms with Crippen molar-refractivity contribution in [3.05, 3.63) is 64.8 Å². The Hall–Kier alpha value is -3.68. The molecule has 1 aromatic heterocycles. The van der Waals surface area contributed by atoms with Crippen LogP contribution < -0.4 is 16.4 Å². The average molecular weight is 392 g/mol. The van der Waals surface area contributed by atoms with Crippen molar-refractivity contribution in [3.8, 4) is 0 Å². The van der Waals surface area contributed by atoms with E-state index in [-0.39, 0.29) is 24.0 Å². The number of nitrogens with zero attached hydrogens (tertiary/aromatic N) is 3. The molecule has 1 heterocycles. The number of amides is 2. The molecule has 3 rings (SSSR count). The first-order chi connectivity index (χ1) is 13.9. The summed E-state index contributed by atoms with van der Waals surface area (Å²) in [7, 11) is 0. The Bertz CT molecular complexity index is 1040. The van der Waals surface area contributed by atoms with Crippen molar-refractivity contribution in [1.29, 1.82) is 0 Å². The molecule has 0 saturated heterocycles. The first-order valence-electron chi connectivity index (χ1n) is 9.34. The lowest BCUT2D eigenvalue weighted by Gasteiger charge is -2.09. The second-order valence-corrected chi connectivity index (χ2v) is 6.78. The van der Waals surface area contributed by atoms with Crippen LogP contribution in [0.2, 0.25) is 0 Å². The summed E-state index contributed by atoms with van der Waals surface area (Å²) < 4.78 is 1.20. The van der Waals surface area contributed by atoms with E-state index in [4.69, 9.17) is 5.73 Å². The monoisotopic (exact) mass is 392 g/mol. The van der Waals surface area contributed by atoms with Crippen molar-refractivity contribution >= 4 is 29.0 Å². The van der Waals surface area contributed by atoms with Crippen molar-refractivity contribution < 1.29 is 9.59 Å². The summed E-state index contributed by atoms with van der Waals surface area (Å²) in [4.78, 5) is 24.8. The van der Waals surface area contributed by atoms with Crippen molar-refractivity contribution in [3.63, 3.8) is 0 Å². The Morgan fingerprint density at radius 1 is 1.07 bits per heavy atom. The first kappa shape index (κ1) is 20.1. The van der Waals surface area contributed by atoms with Gasteiger partial charge in [0.05, 0.1) is 0 Å². The van der Waals surface area contributed by atoms with E-state index >= 15 is 0 Å². The molecule has 8 heteroatoms. The number of aromatic nitrogens is 3. The third kappa shape index (κ3) is 4.60. The van der Waals surface area contributed by atoms with Crippen LogP contribution in [0.1, 0.15) is 34.1 Å². The number of aryl methyl sites for hydroxylation is 2. The summed E-state index contributed by atoms with van der Waals surface area (Å²) in [6, 6.07) is 13.2. The van der Waals surface area contributed by atoms with Crippen LogP contribution in [0.3, 0.4) is 0 Å². The SMILES string of the molecule is CCc1ccc(NC(=O)Cn2nnc(C(=O)Nc3cccc(C)c3C)c2N)cc1. The van der Waals surface area contributed by atoms with Gasteiger partial charge in [-0.1, -0.05) is 36.4 Å². The summed E-state index contributed by atoms with van der Waals surface area (Å²) >= 11 is 0. The van der Waals surface area contributed by atoms with Crippen molar-refractivity contribution in [2.45, 2.75) is 33.7 Å². The van der Waals surface area contributed by atoms with Gasteiger partial charge in [0.25, 0.3) is 5.91 Å². The molecule has 150 valence electrons. The van der Waals surface area contributed by atoms with Crippen LogP contribution in [0, 0.1) is 13.8 Å². The van der Waals surface area contributed by atoms with Crippen LogP contribution in [-0.2, 0) is 17.8 Å². The zero-order valence-corrected chi connectivity index (χ0v) is 16.7. The molecule has 0 spiro atoms. The van der Waals surface area contributed by atoms with Gasteiger partial charge in [0.15, 0.2) is 11.5 Å². The van der Waals surface area contributed by atoms with Gasteiger partial charge in [0.2, 0.25) is 5.91 Å². The Morgan fingerprint density at radius 2 is 1.79 bits per heavy atom. The summed E-state index contributed by atoms with van der Waals surface area (Å²) in [6.07, 6.45) is 0.927. The average Bonchev–Trinajstić information content (AvgIpc) is 3.06. The number of hydrogen-bond acceptors (Lipinski definition) is 5. The van der Waals surface area contributed by atoms with E-state index in [9.17, 15) is 9.59 Å². The van der Waals surface area contributed by atoms with Gasteiger partial charge in [-0.2, -0.15) is 0 Å². The lowest BCUT2D eigenvalue weighted by molar-refractivity contribution is -0.116. The van der Waals surface area contributed by atoms with Crippen LogP contribution in [-0.4, -0.2) is 26.8 Å². The minimum atomic E-state index is -0.474. The lowest BCUT2D eigenvalue weighted by Crippen LogP contribution is -2.21. The van der Waals surface area contributed by atoms with E-state index in [0.717, 1.165) is 17.5 Å². The molecule has 0 aliphatic rings. The predicted molar refractivity (Wildman–Crippen MR) is 113 cm³/mol. The topological polar surface area (TPSA) is 115 Å². The molecule has 0 saturated carbocycles. The molecule has 0 bridgehead atoms. The van der Waals surface area contributed by atoms with E-state index < -0.39 is 5.91 Å². The third-order valence-corrected chi connectivity index (χ3v) is 4.78. The maximum absolute atomic E-state index is 12.5. The Balaban J connectivity index is 1.67. The summed E-state index contributed by atoms with van der Waals surface area (Å²) in [5, 5.41) is 13.3. The van der Waals surface area contributed by atoms with Gasteiger partial charge in [0, 0.05) is 11.4 Å². The molecule has 4 N–H and O–H groups in total. The van der Waals surface area contributed by atoms with Crippen LogP contribution >= 0.6 is 0 Å². The fraction of sp³-hybridized carbons (Fsp3) is 0.238. The molecular formula is C21H24N6O2. The molecular weight excluding hydrogens is 368 g/mol. The van der Waals surface area contributed by atoms with Crippen LogP contribution in [0.5, 0.6) is 0 Å². The number of nitrogens with one attached hydrogen (secondary N) is 2.